The van der Waals surface area contributed by atoms with Gasteiger partial charge in [-0.2, -0.15) is 0 Å². The lowest BCUT2D eigenvalue weighted by molar-refractivity contribution is 0.475. The van der Waals surface area contributed by atoms with Crippen LogP contribution in [-0.2, 0) is 9.84 Å². The van der Waals surface area contributed by atoms with Gasteiger partial charge in [-0.25, -0.2) is 8.42 Å². The molecule has 1 aromatic heterocycles. The number of para-hydroxylation sites is 1. The van der Waals surface area contributed by atoms with Crippen LogP contribution in [-0.4, -0.2) is 29.5 Å². The lowest BCUT2D eigenvalue weighted by atomic mass is 10.2. The Morgan fingerprint density at radius 3 is 2.95 bits per heavy atom. The Morgan fingerprint density at radius 1 is 1.42 bits per heavy atom. The maximum atomic E-state index is 11.8. The second-order valence-electron chi connectivity index (χ2n) is 4.84. The Labute approximate surface area is 121 Å². The van der Waals surface area contributed by atoms with Crippen molar-refractivity contribution in [3.63, 3.8) is 0 Å². The Morgan fingerprint density at radius 2 is 2.21 bits per heavy atom. The highest BCUT2D eigenvalue weighted by Crippen LogP contribution is 2.30. The van der Waals surface area contributed by atoms with Crippen LogP contribution in [0.15, 0.2) is 18.2 Å². The molecule has 1 aliphatic rings. The molecule has 1 aromatic carbocycles. The largest absolute Gasteiger partial charge is 0.329 e. The van der Waals surface area contributed by atoms with Gasteiger partial charge in [0, 0.05) is 0 Å². The number of hydrogen-bond acceptors (Lipinski definition) is 3. The lowest BCUT2D eigenvalue weighted by Gasteiger charge is -2.23. The highest BCUT2D eigenvalue weighted by Gasteiger charge is 2.27. The van der Waals surface area contributed by atoms with Crippen LogP contribution in [0.1, 0.15) is 18.9 Å². The minimum Gasteiger partial charge on any atom is -0.329 e. The van der Waals surface area contributed by atoms with E-state index in [9.17, 15) is 8.42 Å². The monoisotopic (exact) mass is 316 g/mol. The van der Waals surface area contributed by atoms with Gasteiger partial charge in [-0.1, -0.05) is 17.7 Å². The number of aromatic nitrogens is 2. The van der Waals surface area contributed by atoms with Gasteiger partial charge in [0.15, 0.2) is 14.6 Å². The number of nitrogens with one attached hydrogen (secondary N) is 1. The molecule has 7 heteroatoms. The first-order valence-corrected chi connectivity index (χ1v) is 8.68. The van der Waals surface area contributed by atoms with E-state index >= 15 is 0 Å². The zero-order valence-electron chi connectivity index (χ0n) is 10.1. The summed E-state index contributed by atoms with van der Waals surface area (Å²) in [6.45, 7) is 0. The number of sulfone groups is 1. The number of imidazole rings is 1. The summed E-state index contributed by atoms with van der Waals surface area (Å²) in [7, 11) is -2.97. The molecule has 0 bridgehead atoms. The Kier molecular flexibility index (Phi) is 3.19. The van der Waals surface area contributed by atoms with Crippen molar-refractivity contribution in [2.24, 2.45) is 0 Å². The molecule has 1 fully saturated rings. The molecular formula is C12H13ClN2O2S2. The van der Waals surface area contributed by atoms with Crippen LogP contribution in [0.5, 0.6) is 0 Å². The van der Waals surface area contributed by atoms with Crippen molar-refractivity contribution in [2.45, 2.75) is 18.9 Å². The van der Waals surface area contributed by atoms with Crippen LogP contribution in [0.2, 0.25) is 5.02 Å². The van der Waals surface area contributed by atoms with Gasteiger partial charge in [-0.05, 0) is 37.2 Å². The zero-order valence-corrected chi connectivity index (χ0v) is 12.5. The number of rotatable bonds is 1. The summed E-state index contributed by atoms with van der Waals surface area (Å²) >= 11 is 11.5. The van der Waals surface area contributed by atoms with E-state index in [1.807, 2.05) is 16.7 Å². The van der Waals surface area contributed by atoms with Gasteiger partial charge in [0.25, 0.3) is 0 Å². The molecule has 0 aliphatic carbocycles. The predicted octanol–water partition coefficient (Wildman–Crippen LogP) is 3.10. The first-order valence-electron chi connectivity index (χ1n) is 6.07. The van der Waals surface area contributed by atoms with Gasteiger partial charge >= 0.3 is 0 Å². The third-order valence-corrected chi connectivity index (χ3v) is 5.92. The maximum Gasteiger partial charge on any atom is 0.178 e. The Bertz CT molecular complexity index is 792. The fourth-order valence-electron chi connectivity index (χ4n) is 2.68. The van der Waals surface area contributed by atoms with E-state index in [1.54, 1.807) is 6.07 Å². The van der Waals surface area contributed by atoms with Crippen molar-refractivity contribution in [1.82, 2.24) is 9.55 Å². The SMILES string of the molecule is O=S1(=O)CCCC(n2c(=S)[nH]c3c(Cl)cccc32)C1. The van der Waals surface area contributed by atoms with E-state index in [0.717, 1.165) is 17.5 Å². The highest BCUT2D eigenvalue weighted by molar-refractivity contribution is 7.91. The molecule has 0 spiro atoms. The number of hydrogen-bond donors (Lipinski definition) is 1. The fraction of sp³-hybridized carbons (Fsp3) is 0.417. The molecular weight excluding hydrogens is 304 g/mol. The molecule has 1 atom stereocenters. The third-order valence-electron chi connectivity index (χ3n) is 3.51. The van der Waals surface area contributed by atoms with Crippen LogP contribution >= 0.6 is 23.8 Å². The average molecular weight is 317 g/mol. The number of halogens is 1. The second kappa shape index (κ2) is 4.61. The molecule has 2 heterocycles. The topological polar surface area (TPSA) is 54.9 Å². The molecule has 3 rings (SSSR count). The van der Waals surface area contributed by atoms with Gasteiger partial charge in [0.2, 0.25) is 0 Å². The summed E-state index contributed by atoms with van der Waals surface area (Å²) in [5, 5.41) is 0.598. The van der Waals surface area contributed by atoms with Crippen molar-refractivity contribution in [3.8, 4) is 0 Å². The number of nitrogens with zero attached hydrogens (tertiary/aromatic N) is 1. The smallest absolute Gasteiger partial charge is 0.178 e. The summed E-state index contributed by atoms with van der Waals surface area (Å²) in [5.41, 5.74) is 1.65. The Balaban J connectivity index is 2.18. The lowest BCUT2D eigenvalue weighted by Crippen LogP contribution is -2.27. The predicted molar refractivity (Wildman–Crippen MR) is 79.1 cm³/mol. The third kappa shape index (κ3) is 2.32. The summed E-state index contributed by atoms with van der Waals surface area (Å²) in [6.07, 6.45) is 1.51. The van der Waals surface area contributed by atoms with Gasteiger partial charge in [-0.15, -0.1) is 0 Å². The number of aromatic amines is 1. The van der Waals surface area contributed by atoms with Crippen LogP contribution < -0.4 is 0 Å². The minimum atomic E-state index is -2.97. The molecule has 2 aromatic rings. The van der Waals surface area contributed by atoms with Crippen LogP contribution in [0, 0.1) is 4.77 Å². The van der Waals surface area contributed by atoms with E-state index in [1.165, 1.54) is 0 Å². The first-order chi connectivity index (χ1) is 8.98. The summed E-state index contributed by atoms with van der Waals surface area (Å²) in [4.78, 5) is 3.07. The van der Waals surface area contributed by atoms with Crippen molar-refractivity contribution in [1.29, 1.82) is 0 Å². The van der Waals surface area contributed by atoms with E-state index in [4.69, 9.17) is 23.8 Å². The first kappa shape index (κ1) is 13.1. The number of H-pyrrole nitrogens is 1. The van der Waals surface area contributed by atoms with Gasteiger partial charge in [-0.3, -0.25) is 0 Å². The van der Waals surface area contributed by atoms with Crippen molar-refractivity contribution in [2.75, 3.05) is 11.5 Å². The summed E-state index contributed by atoms with van der Waals surface area (Å²) in [6, 6.07) is 5.45. The van der Waals surface area contributed by atoms with Crippen LogP contribution in [0.25, 0.3) is 11.0 Å². The van der Waals surface area contributed by atoms with Crippen molar-refractivity contribution < 1.29 is 8.42 Å². The minimum absolute atomic E-state index is 0.0986. The zero-order chi connectivity index (χ0) is 13.6. The van der Waals surface area contributed by atoms with Gasteiger partial charge in [0.05, 0.1) is 33.6 Å². The van der Waals surface area contributed by atoms with E-state index < -0.39 is 9.84 Å². The summed E-state index contributed by atoms with van der Waals surface area (Å²) in [5.74, 6) is 0.431. The molecule has 4 nitrogen and oxygen atoms in total. The van der Waals surface area contributed by atoms with E-state index in [2.05, 4.69) is 4.98 Å². The maximum absolute atomic E-state index is 11.8. The number of fused-ring (bicyclic) bond motifs is 1. The van der Waals surface area contributed by atoms with Gasteiger partial charge < -0.3 is 9.55 Å². The van der Waals surface area contributed by atoms with E-state index in [-0.39, 0.29) is 17.5 Å². The molecule has 1 N–H and O–H groups in total. The van der Waals surface area contributed by atoms with Crippen molar-refractivity contribution in [3.05, 3.63) is 28.0 Å². The average Bonchev–Trinajstić information content (AvgIpc) is 2.66. The fourth-order valence-corrected chi connectivity index (χ4v) is 4.92. The molecule has 1 saturated heterocycles. The molecule has 0 radical (unpaired) electrons. The van der Waals surface area contributed by atoms with Crippen LogP contribution in [0.3, 0.4) is 0 Å². The molecule has 1 aliphatic heterocycles. The van der Waals surface area contributed by atoms with Gasteiger partial charge in [0.1, 0.15) is 0 Å². The molecule has 1 unspecified atom stereocenters. The normalized spacial score (nSPS) is 22.7. The highest BCUT2D eigenvalue weighted by atomic mass is 35.5. The molecule has 0 saturated carbocycles. The number of benzene rings is 1. The summed E-state index contributed by atoms with van der Waals surface area (Å²) < 4.78 is 26.0. The van der Waals surface area contributed by atoms with E-state index in [0.29, 0.717) is 16.2 Å². The standard InChI is InChI=1S/C12H13ClN2O2S2/c13-9-4-1-5-10-11(9)14-12(18)15(10)8-3-2-6-19(16,17)7-8/h1,4-5,8H,2-3,6-7H2,(H,14,18). The van der Waals surface area contributed by atoms with Crippen LogP contribution in [0.4, 0.5) is 0 Å². The van der Waals surface area contributed by atoms with Crippen molar-refractivity contribution >= 4 is 44.7 Å². The molecule has 102 valence electrons. The molecule has 19 heavy (non-hydrogen) atoms. The Hall–Kier alpha value is -0.850. The molecule has 0 amide bonds. The second-order valence-corrected chi connectivity index (χ2v) is 7.87. The quantitative estimate of drug-likeness (QED) is 0.822.